The molecule has 1 heterocycles. The van der Waals surface area contributed by atoms with Crippen molar-refractivity contribution in [2.75, 3.05) is 0 Å². The summed E-state index contributed by atoms with van der Waals surface area (Å²) in [6, 6.07) is 18.2. The van der Waals surface area contributed by atoms with Crippen LogP contribution in [0.25, 0.3) is 11.3 Å². The molecular formula is C23H33N3. The second kappa shape index (κ2) is 14.6. The molecule has 0 aliphatic heterocycles. The molecule has 0 unspecified atom stereocenters. The highest BCUT2D eigenvalue weighted by Gasteiger charge is 1.97. The standard InChI is InChI=1S/C10H10N2.C9H11N.2C2H6/c1-12-7-10(11-8-12)9-5-3-2-4-6-9;1-3-10-9-7-5-4-6-8(9)2;2*1-2/h2-8H,1H3;3-7H,1-2H3;2*1-2H3. The molecule has 3 aromatic rings. The Morgan fingerprint density at radius 3 is 1.96 bits per heavy atom. The van der Waals surface area contributed by atoms with Gasteiger partial charge in [0.1, 0.15) is 0 Å². The number of imidazole rings is 1. The largest absolute Gasteiger partial charge is 0.340 e. The molecule has 1 aromatic heterocycles. The molecule has 0 saturated carbocycles. The van der Waals surface area contributed by atoms with Gasteiger partial charge in [-0.3, -0.25) is 4.99 Å². The Kier molecular flexibility index (Phi) is 13.1. The highest BCUT2D eigenvalue weighted by atomic mass is 15.0. The van der Waals surface area contributed by atoms with Gasteiger partial charge in [0.25, 0.3) is 0 Å². The molecular weight excluding hydrogens is 318 g/mol. The zero-order valence-corrected chi connectivity index (χ0v) is 17.3. The SMILES string of the molecule is CC.CC.CC=Nc1ccccc1C.Cn1cnc(-c2ccccc2)c1. The van der Waals surface area contributed by atoms with Crippen LogP contribution in [-0.2, 0) is 7.05 Å². The molecule has 2 aromatic carbocycles. The summed E-state index contributed by atoms with van der Waals surface area (Å²) in [4.78, 5) is 8.43. The average Bonchev–Trinajstić information content (AvgIpc) is 3.15. The lowest BCUT2D eigenvalue weighted by Gasteiger charge is -1.95. The number of para-hydroxylation sites is 1. The molecule has 0 atom stereocenters. The highest BCUT2D eigenvalue weighted by molar-refractivity contribution is 5.62. The normalized spacial score (nSPS) is 9.19. The van der Waals surface area contributed by atoms with Gasteiger partial charge < -0.3 is 4.57 Å². The number of aromatic nitrogens is 2. The molecule has 0 saturated heterocycles. The van der Waals surface area contributed by atoms with Gasteiger partial charge in [0.05, 0.1) is 17.7 Å². The van der Waals surface area contributed by atoms with Gasteiger partial charge in [-0.1, -0.05) is 76.2 Å². The molecule has 0 radical (unpaired) electrons. The van der Waals surface area contributed by atoms with Gasteiger partial charge in [0.2, 0.25) is 0 Å². The molecule has 0 aliphatic carbocycles. The van der Waals surface area contributed by atoms with Gasteiger partial charge >= 0.3 is 0 Å². The Morgan fingerprint density at radius 2 is 1.46 bits per heavy atom. The second-order valence-corrected chi connectivity index (χ2v) is 4.96. The maximum atomic E-state index is 4.25. The first-order valence-corrected chi connectivity index (χ1v) is 9.28. The van der Waals surface area contributed by atoms with E-state index in [2.05, 4.69) is 35.1 Å². The van der Waals surface area contributed by atoms with Gasteiger partial charge in [-0.05, 0) is 25.5 Å². The van der Waals surface area contributed by atoms with E-state index in [1.54, 1.807) is 0 Å². The van der Waals surface area contributed by atoms with E-state index in [1.165, 1.54) is 5.56 Å². The van der Waals surface area contributed by atoms with Crippen molar-refractivity contribution in [2.45, 2.75) is 41.5 Å². The van der Waals surface area contributed by atoms with Crippen molar-refractivity contribution in [1.29, 1.82) is 0 Å². The first-order chi connectivity index (χ1) is 12.7. The quantitative estimate of drug-likeness (QED) is 0.464. The van der Waals surface area contributed by atoms with Crippen molar-refractivity contribution in [3.63, 3.8) is 0 Å². The van der Waals surface area contributed by atoms with Crippen LogP contribution < -0.4 is 0 Å². The first kappa shape index (κ1) is 23.3. The molecule has 26 heavy (non-hydrogen) atoms. The Labute approximate surface area is 159 Å². The minimum atomic E-state index is 1.03. The van der Waals surface area contributed by atoms with Crippen LogP contribution in [0.4, 0.5) is 5.69 Å². The molecule has 0 N–H and O–H groups in total. The van der Waals surface area contributed by atoms with Crippen LogP contribution in [-0.4, -0.2) is 15.8 Å². The maximum Gasteiger partial charge on any atom is 0.0951 e. The predicted molar refractivity (Wildman–Crippen MR) is 116 cm³/mol. The van der Waals surface area contributed by atoms with Crippen LogP contribution in [0, 0.1) is 6.92 Å². The maximum absolute atomic E-state index is 4.25. The third-order valence-electron chi connectivity index (χ3n) is 3.16. The number of hydrogen-bond donors (Lipinski definition) is 0. The summed E-state index contributed by atoms with van der Waals surface area (Å²) >= 11 is 0. The van der Waals surface area contributed by atoms with E-state index in [0.717, 1.165) is 16.9 Å². The second-order valence-electron chi connectivity index (χ2n) is 4.96. The monoisotopic (exact) mass is 351 g/mol. The summed E-state index contributed by atoms with van der Waals surface area (Å²) in [7, 11) is 1.97. The topological polar surface area (TPSA) is 30.2 Å². The summed E-state index contributed by atoms with van der Waals surface area (Å²) in [5.41, 5.74) is 4.47. The van der Waals surface area contributed by atoms with Crippen molar-refractivity contribution >= 4 is 11.9 Å². The molecule has 0 amide bonds. The van der Waals surface area contributed by atoms with Crippen LogP contribution in [0.2, 0.25) is 0 Å². The smallest absolute Gasteiger partial charge is 0.0951 e. The predicted octanol–water partition coefficient (Wildman–Crippen LogP) is 6.86. The third kappa shape index (κ3) is 8.43. The van der Waals surface area contributed by atoms with Crippen molar-refractivity contribution < 1.29 is 0 Å². The van der Waals surface area contributed by atoms with Gasteiger partial charge in [0.15, 0.2) is 0 Å². The Hall–Kier alpha value is -2.68. The van der Waals surface area contributed by atoms with E-state index in [4.69, 9.17) is 0 Å². The molecule has 3 nitrogen and oxygen atoms in total. The van der Waals surface area contributed by atoms with E-state index in [1.807, 2.05) is 101 Å². The Morgan fingerprint density at radius 1 is 0.885 bits per heavy atom. The molecule has 0 aliphatic rings. The van der Waals surface area contributed by atoms with Crippen LogP contribution in [0.5, 0.6) is 0 Å². The number of hydrogen-bond acceptors (Lipinski definition) is 2. The molecule has 3 heteroatoms. The summed E-state index contributed by atoms with van der Waals surface area (Å²) in [5.74, 6) is 0. The lowest BCUT2D eigenvalue weighted by atomic mass is 10.2. The fourth-order valence-electron chi connectivity index (χ4n) is 2.02. The minimum absolute atomic E-state index is 1.03. The summed E-state index contributed by atoms with van der Waals surface area (Å²) < 4.78 is 1.95. The summed E-state index contributed by atoms with van der Waals surface area (Å²) in [6.45, 7) is 12.0. The molecule has 0 spiro atoms. The number of nitrogens with zero attached hydrogens (tertiary/aromatic N) is 3. The van der Waals surface area contributed by atoms with Gasteiger partial charge in [-0.2, -0.15) is 0 Å². The summed E-state index contributed by atoms with van der Waals surface area (Å²) in [6.07, 6.45) is 5.62. The van der Waals surface area contributed by atoms with E-state index in [0.29, 0.717) is 0 Å². The van der Waals surface area contributed by atoms with Crippen LogP contribution >= 0.6 is 0 Å². The van der Waals surface area contributed by atoms with Crippen molar-refractivity contribution in [3.05, 3.63) is 72.7 Å². The molecule has 0 bridgehead atoms. The molecule has 0 fully saturated rings. The Balaban J connectivity index is 0.000000409. The van der Waals surface area contributed by atoms with Gasteiger partial charge in [-0.15, -0.1) is 0 Å². The first-order valence-electron chi connectivity index (χ1n) is 9.28. The van der Waals surface area contributed by atoms with Crippen molar-refractivity contribution in [2.24, 2.45) is 12.0 Å². The van der Waals surface area contributed by atoms with E-state index >= 15 is 0 Å². The van der Waals surface area contributed by atoms with E-state index in [9.17, 15) is 0 Å². The zero-order valence-electron chi connectivity index (χ0n) is 17.3. The van der Waals surface area contributed by atoms with Crippen LogP contribution in [0.15, 0.2) is 72.1 Å². The zero-order chi connectivity index (χ0) is 19.8. The van der Waals surface area contributed by atoms with Gasteiger partial charge in [-0.25, -0.2) is 4.98 Å². The fraction of sp³-hybridized carbons (Fsp3) is 0.304. The van der Waals surface area contributed by atoms with Crippen molar-refractivity contribution in [3.8, 4) is 11.3 Å². The lowest BCUT2D eigenvalue weighted by Crippen LogP contribution is -1.78. The van der Waals surface area contributed by atoms with Crippen LogP contribution in [0.3, 0.4) is 0 Å². The number of aliphatic imine (C=N–C) groups is 1. The fourth-order valence-corrected chi connectivity index (χ4v) is 2.02. The number of benzene rings is 2. The van der Waals surface area contributed by atoms with E-state index in [-0.39, 0.29) is 0 Å². The number of rotatable bonds is 2. The van der Waals surface area contributed by atoms with E-state index < -0.39 is 0 Å². The molecule has 3 rings (SSSR count). The lowest BCUT2D eigenvalue weighted by molar-refractivity contribution is 0.913. The number of aryl methyl sites for hydroxylation is 2. The summed E-state index contributed by atoms with van der Waals surface area (Å²) in [5, 5.41) is 0. The highest BCUT2D eigenvalue weighted by Crippen LogP contribution is 2.16. The Bertz CT molecular complexity index is 728. The average molecular weight is 352 g/mol. The minimum Gasteiger partial charge on any atom is -0.340 e. The third-order valence-corrected chi connectivity index (χ3v) is 3.16. The molecule has 140 valence electrons. The van der Waals surface area contributed by atoms with Crippen molar-refractivity contribution in [1.82, 2.24) is 9.55 Å². The van der Waals surface area contributed by atoms with Gasteiger partial charge in [0, 0.05) is 25.0 Å². The van der Waals surface area contributed by atoms with Crippen LogP contribution in [0.1, 0.15) is 40.2 Å².